The zero-order chi connectivity index (χ0) is 23.2. The van der Waals surface area contributed by atoms with Crippen molar-refractivity contribution < 1.29 is 5.11 Å². The van der Waals surface area contributed by atoms with Gasteiger partial charge in [0, 0.05) is 48.0 Å². The van der Waals surface area contributed by atoms with Gasteiger partial charge >= 0.3 is 0 Å². The fraction of sp³-hybridized carbons (Fsp3) is 0.440. The Balaban J connectivity index is 1.42. The molecule has 178 valence electrons. The number of imidazole rings is 1. The number of H-pyrrole nitrogens is 2. The van der Waals surface area contributed by atoms with Gasteiger partial charge in [-0.15, -0.1) is 11.3 Å². The normalized spacial score (nSPS) is 22.0. The van der Waals surface area contributed by atoms with Gasteiger partial charge in [-0.25, -0.2) is 4.98 Å². The number of aliphatic hydroxyl groups is 1. The third-order valence-electron chi connectivity index (χ3n) is 7.29. The zero-order valence-corrected chi connectivity index (χ0v) is 20.1. The number of rotatable bonds is 4. The molecular formula is C25H30N6O2S. The summed E-state index contributed by atoms with van der Waals surface area (Å²) in [6.07, 6.45) is 3.35. The van der Waals surface area contributed by atoms with Crippen molar-refractivity contribution in [3.05, 3.63) is 39.3 Å². The van der Waals surface area contributed by atoms with E-state index in [9.17, 15) is 9.90 Å². The second kappa shape index (κ2) is 8.72. The molecule has 0 spiro atoms. The molecule has 2 unspecified atom stereocenters. The van der Waals surface area contributed by atoms with E-state index in [1.165, 1.54) is 5.69 Å². The molecule has 4 aromatic rings. The highest BCUT2D eigenvalue weighted by Crippen LogP contribution is 2.35. The molecule has 9 heteroatoms. The third-order valence-corrected chi connectivity index (χ3v) is 8.03. The lowest BCUT2D eigenvalue weighted by molar-refractivity contribution is 0.116. The Bertz CT molecular complexity index is 1380. The number of fused-ring (bicyclic) bond motifs is 2. The van der Waals surface area contributed by atoms with Crippen LogP contribution in [0.4, 0.5) is 11.4 Å². The Hall–Kier alpha value is -2.88. The summed E-state index contributed by atoms with van der Waals surface area (Å²) in [5.41, 5.74) is 4.80. The maximum absolute atomic E-state index is 13.3. The molecule has 34 heavy (non-hydrogen) atoms. The smallest absolute Gasteiger partial charge is 0.261 e. The molecule has 1 saturated carbocycles. The average molecular weight is 479 g/mol. The molecule has 2 fully saturated rings. The number of anilines is 2. The number of aromatic nitrogens is 3. The lowest BCUT2D eigenvalue weighted by Gasteiger charge is -2.34. The fourth-order valence-corrected chi connectivity index (χ4v) is 6.01. The minimum atomic E-state index is -0.420. The Labute approximate surface area is 201 Å². The summed E-state index contributed by atoms with van der Waals surface area (Å²) in [7, 11) is 2.15. The Morgan fingerprint density at radius 2 is 1.91 bits per heavy atom. The summed E-state index contributed by atoms with van der Waals surface area (Å²) in [5.74, 6) is 0.549. The molecule has 1 saturated heterocycles. The monoisotopic (exact) mass is 478 g/mol. The molecule has 2 aliphatic rings. The van der Waals surface area contributed by atoms with Crippen molar-refractivity contribution >= 4 is 44.6 Å². The van der Waals surface area contributed by atoms with E-state index < -0.39 is 6.10 Å². The molecular weight excluding hydrogens is 448 g/mol. The number of thiophene rings is 1. The standard InChI is InChI=1S/C25H30N6O2S/c1-30-8-10-31(11-9-30)15-6-7-17-19(12-15)28-24(27-17)22-23(26-18-4-2-3-5-21(18)32)16-13-34-14-20(16)29-25(22)33/h6-7,12-14,18,21,26,32H,2-5,8-11H2,1H3,(H,27,28)(H,29,33). The van der Waals surface area contributed by atoms with Crippen molar-refractivity contribution in [3.8, 4) is 11.4 Å². The highest BCUT2D eigenvalue weighted by molar-refractivity contribution is 7.09. The summed E-state index contributed by atoms with van der Waals surface area (Å²) >= 11 is 1.55. The van der Waals surface area contributed by atoms with Crippen LogP contribution in [0.5, 0.6) is 0 Å². The van der Waals surface area contributed by atoms with Crippen LogP contribution in [0.15, 0.2) is 33.8 Å². The molecule has 8 nitrogen and oxygen atoms in total. The van der Waals surface area contributed by atoms with E-state index in [-0.39, 0.29) is 11.6 Å². The predicted molar refractivity (Wildman–Crippen MR) is 139 cm³/mol. The molecule has 1 aliphatic carbocycles. The molecule has 3 aromatic heterocycles. The highest BCUT2D eigenvalue weighted by atomic mass is 32.1. The maximum Gasteiger partial charge on any atom is 0.261 e. The van der Waals surface area contributed by atoms with Gasteiger partial charge in [0.1, 0.15) is 11.4 Å². The molecule has 0 radical (unpaired) electrons. The summed E-state index contributed by atoms with van der Waals surface area (Å²) in [6, 6.07) is 6.19. The van der Waals surface area contributed by atoms with Crippen LogP contribution >= 0.6 is 11.3 Å². The number of likely N-dealkylation sites (N-methyl/N-ethyl adjacent to an activating group) is 1. The number of nitrogens with one attached hydrogen (secondary N) is 3. The number of pyridine rings is 1. The van der Waals surface area contributed by atoms with E-state index in [0.29, 0.717) is 11.4 Å². The van der Waals surface area contributed by atoms with Crippen LogP contribution in [0.2, 0.25) is 0 Å². The van der Waals surface area contributed by atoms with Gasteiger partial charge < -0.3 is 30.2 Å². The predicted octanol–water partition coefficient (Wildman–Crippen LogP) is 3.60. The van der Waals surface area contributed by atoms with Crippen molar-refractivity contribution in [2.75, 3.05) is 43.4 Å². The molecule has 4 N–H and O–H groups in total. The number of benzene rings is 1. The van der Waals surface area contributed by atoms with E-state index in [1.54, 1.807) is 11.3 Å². The van der Waals surface area contributed by atoms with Gasteiger partial charge in [-0.1, -0.05) is 12.8 Å². The maximum atomic E-state index is 13.3. The lowest BCUT2D eigenvalue weighted by Crippen LogP contribution is -2.44. The summed E-state index contributed by atoms with van der Waals surface area (Å²) in [6.45, 7) is 4.08. The molecule has 1 aliphatic heterocycles. The average Bonchev–Trinajstić information content (AvgIpc) is 3.47. The zero-order valence-electron chi connectivity index (χ0n) is 19.3. The minimum absolute atomic E-state index is 0.0781. The lowest BCUT2D eigenvalue weighted by atomic mass is 9.92. The van der Waals surface area contributed by atoms with E-state index in [1.807, 2.05) is 16.8 Å². The third kappa shape index (κ3) is 3.87. The Morgan fingerprint density at radius 1 is 1.09 bits per heavy atom. The summed E-state index contributed by atoms with van der Waals surface area (Å²) in [5, 5.41) is 19.1. The van der Waals surface area contributed by atoms with E-state index in [0.717, 1.165) is 79.5 Å². The number of aromatic amines is 2. The van der Waals surface area contributed by atoms with Crippen molar-refractivity contribution in [1.29, 1.82) is 0 Å². The molecule has 2 atom stereocenters. The van der Waals surface area contributed by atoms with Crippen molar-refractivity contribution in [3.63, 3.8) is 0 Å². The molecule has 0 bridgehead atoms. The topological polar surface area (TPSA) is 100 Å². The molecule has 6 rings (SSSR count). The van der Waals surface area contributed by atoms with Crippen LogP contribution in [-0.2, 0) is 0 Å². The van der Waals surface area contributed by atoms with Crippen LogP contribution in [0.1, 0.15) is 25.7 Å². The van der Waals surface area contributed by atoms with Crippen LogP contribution < -0.4 is 15.8 Å². The first-order valence-corrected chi connectivity index (χ1v) is 13.0. The van der Waals surface area contributed by atoms with Gasteiger partial charge in [-0.3, -0.25) is 4.79 Å². The van der Waals surface area contributed by atoms with Crippen LogP contribution in [0.25, 0.3) is 33.3 Å². The first-order chi connectivity index (χ1) is 16.6. The van der Waals surface area contributed by atoms with Gasteiger partial charge in [0.2, 0.25) is 0 Å². The number of piperazine rings is 1. The van der Waals surface area contributed by atoms with Gasteiger partial charge in [0.15, 0.2) is 0 Å². The Kier molecular flexibility index (Phi) is 5.55. The minimum Gasteiger partial charge on any atom is -0.391 e. The summed E-state index contributed by atoms with van der Waals surface area (Å²) in [4.78, 5) is 29.2. The van der Waals surface area contributed by atoms with E-state index in [2.05, 4.69) is 44.3 Å². The van der Waals surface area contributed by atoms with Crippen molar-refractivity contribution in [1.82, 2.24) is 19.9 Å². The first-order valence-electron chi connectivity index (χ1n) is 12.1. The SMILES string of the molecule is CN1CCN(c2ccc3nc(-c4c(NC5CCCCC5O)c5cscc5[nH]c4=O)[nH]c3c2)CC1. The highest BCUT2D eigenvalue weighted by Gasteiger charge is 2.27. The number of hydrogen-bond donors (Lipinski definition) is 4. The Morgan fingerprint density at radius 3 is 2.74 bits per heavy atom. The summed E-state index contributed by atoms with van der Waals surface area (Å²) < 4.78 is 0. The van der Waals surface area contributed by atoms with Crippen LogP contribution in [0.3, 0.4) is 0 Å². The van der Waals surface area contributed by atoms with Gasteiger partial charge in [-0.05, 0) is 38.1 Å². The fourth-order valence-electron chi connectivity index (χ4n) is 5.24. The van der Waals surface area contributed by atoms with Gasteiger partial charge in [-0.2, -0.15) is 0 Å². The second-order valence-electron chi connectivity index (χ2n) is 9.58. The van der Waals surface area contributed by atoms with Crippen molar-refractivity contribution in [2.45, 2.75) is 37.8 Å². The number of hydrogen-bond acceptors (Lipinski definition) is 7. The van der Waals surface area contributed by atoms with Crippen molar-refractivity contribution in [2.24, 2.45) is 0 Å². The second-order valence-corrected chi connectivity index (χ2v) is 10.3. The van der Waals surface area contributed by atoms with Gasteiger partial charge in [0.05, 0.1) is 34.4 Å². The number of aliphatic hydroxyl groups excluding tert-OH is 1. The number of nitrogens with zero attached hydrogens (tertiary/aromatic N) is 3. The first kappa shape index (κ1) is 21.6. The van der Waals surface area contributed by atoms with Crippen LogP contribution in [-0.4, -0.2) is 70.3 Å². The molecule has 1 aromatic carbocycles. The largest absolute Gasteiger partial charge is 0.391 e. The van der Waals surface area contributed by atoms with Crippen LogP contribution in [0, 0.1) is 0 Å². The van der Waals surface area contributed by atoms with E-state index >= 15 is 0 Å². The van der Waals surface area contributed by atoms with E-state index in [4.69, 9.17) is 4.98 Å². The molecule has 4 heterocycles. The van der Waals surface area contributed by atoms with Gasteiger partial charge in [0.25, 0.3) is 5.56 Å². The molecule has 0 amide bonds. The quantitative estimate of drug-likeness (QED) is 0.358.